The van der Waals surface area contributed by atoms with Crippen LogP contribution in [-0.2, 0) is 42.4 Å². The summed E-state index contributed by atoms with van der Waals surface area (Å²) in [6, 6.07) is 9.42. The number of hydrogen-bond acceptors (Lipinski definition) is 2. The summed E-state index contributed by atoms with van der Waals surface area (Å²) in [6.07, 6.45) is 5.09. The molecule has 2 atom stereocenters. The Balaban J connectivity index is 0.00000280. The van der Waals surface area contributed by atoms with Crippen molar-refractivity contribution in [2.45, 2.75) is 101 Å². The van der Waals surface area contributed by atoms with Crippen molar-refractivity contribution in [1.82, 2.24) is 0 Å². The number of hydrogen-bond donors (Lipinski definition) is 0. The van der Waals surface area contributed by atoms with E-state index in [1.54, 1.807) is 22.3 Å². The molecule has 2 aliphatic rings. The summed E-state index contributed by atoms with van der Waals surface area (Å²) in [6.45, 7) is 30.0. The van der Waals surface area contributed by atoms with Crippen molar-refractivity contribution in [2.24, 2.45) is 0 Å². The van der Waals surface area contributed by atoms with Crippen molar-refractivity contribution >= 4 is 34.2 Å². The molecule has 0 radical (unpaired) electrons. The fourth-order valence-corrected chi connectivity index (χ4v) is 28.5. The summed E-state index contributed by atoms with van der Waals surface area (Å²) in [5.41, 5.74) is 14.8. The number of allylic oxidation sites excluding steroid dienone is 2. The molecule has 0 fully saturated rings. The molecule has 0 N–H and O–H groups in total. The van der Waals surface area contributed by atoms with Gasteiger partial charge in [0.1, 0.15) is 0 Å². The Labute approximate surface area is 266 Å². The Morgan fingerprint density at radius 1 is 0.650 bits per heavy atom. The molecule has 0 amide bonds. The van der Waals surface area contributed by atoms with Gasteiger partial charge in [0.25, 0.3) is 0 Å². The van der Waals surface area contributed by atoms with Crippen LogP contribution in [0, 0.1) is 13.8 Å². The first-order valence-electron chi connectivity index (χ1n) is 14.2. The maximum absolute atomic E-state index is 6.41. The molecule has 2 nitrogen and oxygen atoms in total. The van der Waals surface area contributed by atoms with E-state index in [1.807, 2.05) is 0 Å². The summed E-state index contributed by atoms with van der Waals surface area (Å²) in [5.74, 6) is 0. The molecule has 0 spiro atoms. The third-order valence-corrected chi connectivity index (χ3v) is 29.8. The second-order valence-electron chi connectivity index (χ2n) is 13.6. The van der Waals surface area contributed by atoms with Crippen LogP contribution in [0.4, 0.5) is 0 Å². The van der Waals surface area contributed by atoms with Gasteiger partial charge in [0.15, 0.2) is 0 Å². The van der Waals surface area contributed by atoms with E-state index in [0.29, 0.717) is 7.25 Å². The Kier molecular flexibility index (Phi) is 12.4. The molecule has 0 heterocycles. The van der Waals surface area contributed by atoms with E-state index in [9.17, 15) is 0 Å². The van der Waals surface area contributed by atoms with E-state index < -0.39 is 42.4 Å². The van der Waals surface area contributed by atoms with E-state index in [4.69, 9.17) is 8.85 Å². The largest absolute Gasteiger partial charge is 1.00 e. The van der Waals surface area contributed by atoms with Gasteiger partial charge in [-0.15, -0.1) is 0 Å². The van der Waals surface area contributed by atoms with Crippen LogP contribution in [0.15, 0.2) is 35.4 Å². The number of benzene rings is 2. The molecular formula is C32H48Cl2O2Si3Zr. The van der Waals surface area contributed by atoms with Gasteiger partial charge in [-0.3, -0.25) is 0 Å². The molecule has 2 unspecified atom stereocenters. The van der Waals surface area contributed by atoms with Gasteiger partial charge < -0.3 is 24.8 Å². The Hall–Kier alpha value is -0.0462. The molecule has 0 saturated heterocycles. The van der Waals surface area contributed by atoms with Gasteiger partial charge in [-0.05, 0) is 0 Å². The van der Waals surface area contributed by atoms with Crippen LogP contribution in [0.2, 0.25) is 52.4 Å². The van der Waals surface area contributed by atoms with Crippen LogP contribution in [0.1, 0.15) is 65.6 Å². The summed E-state index contributed by atoms with van der Waals surface area (Å²) in [7, 11) is -3.16. The smallest absolute Gasteiger partial charge is 1.00 e. The number of rotatable bonds is 8. The standard InChI is InChI=1S/2C15H21OSi.C2H6Si.2ClH.Zr/c2*1-11-8-14-12(2)6-7-13(15(14)9-11)10-16-17(3,4)5;1-3-2;;;/h2*6-9H,10H2,1-5H3;1-2H3;2*1H;/q;;;;;+2/p-2. The molecule has 40 heavy (non-hydrogen) atoms. The van der Waals surface area contributed by atoms with Crippen molar-refractivity contribution in [2.75, 3.05) is 0 Å². The normalized spacial score (nSPS) is 17.6. The summed E-state index contributed by atoms with van der Waals surface area (Å²) in [4.78, 5) is 0. The minimum atomic E-state index is -2.09. The van der Waals surface area contributed by atoms with Crippen molar-refractivity contribution < 1.29 is 54.0 Å². The third-order valence-electron chi connectivity index (χ3n) is 7.94. The first-order valence-corrected chi connectivity index (χ1v) is 30.0. The zero-order valence-corrected chi connectivity index (χ0v) is 33.6. The van der Waals surface area contributed by atoms with E-state index >= 15 is 0 Å². The van der Waals surface area contributed by atoms with Gasteiger partial charge in [0, 0.05) is 0 Å². The first-order chi connectivity index (χ1) is 17.6. The first kappa shape index (κ1) is 36.1. The van der Waals surface area contributed by atoms with E-state index in [1.165, 1.54) is 33.4 Å². The molecular weight excluding hydrogens is 663 g/mol. The van der Waals surface area contributed by atoms with Gasteiger partial charge in [0.05, 0.1) is 0 Å². The molecule has 2 aromatic carbocycles. The summed E-state index contributed by atoms with van der Waals surface area (Å²) in [5, 5.41) is 0. The molecule has 4 rings (SSSR count). The predicted molar refractivity (Wildman–Crippen MR) is 169 cm³/mol. The van der Waals surface area contributed by atoms with Crippen LogP contribution in [-0.4, -0.2) is 22.1 Å². The van der Waals surface area contributed by atoms with Crippen molar-refractivity contribution in [3.8, 4) is 0 Å². The summed E-state index contributed by atoms with van der Waals surface area (Å²) < 4.78 is 14.1. The summed E-state index contributed by atoms with van der Waals surface area (Å²) >= 11 is -2.09. The van der Waals surface area contributed by atoms with Crippen molar-refractivity contribution in [3.63, 3.8) is 0 Å². The maximum Gasteiger partial charge on any atom is -1.00 e. The molecule has 0 saturated carbocycles. The topological polar surface area (TPSA) is 18.5 Å². The van der Waals surface area contributed by atoms with E-state index in [0.717, 1.165) is 13.2 Å². The van der Waals surface area contributed by atoms with E-state index in [2.05, 4.69) is 116 Å². The predicted octanol–water partition coefficient (Wildman–Crippen LogP) is 3.50. The number of halogens is 2. The number of aryl methyl sites for hydroxylation is 2. The van der Waals surface area contributed by atoms with Gasteiger partial charge in [0.2, 0.25) is 0 Å². The van der Waals surface area contributed by atoms with Crippen molar-refractivity contribution in [3.05, 3.63) is 79.9 Å². The zero-order chi connectivity index (χ0) is 28.2. The molecule has 2 aliphatic carbocycles. The Bertz CT molecular complexity index is 1270. The van der Waals surface area contributed by atoms with Gasteiger partial charge >= 0.3 is 244 Å². The molecule has 0 aliphatic heterocycles. The molecule has 218 valence electrons. The average molecular weight is 711 g/mol. The molecule has 2 aromatic rings. The van der Waals surface area contributed by atoms with Crippen LogP contribution in [0.3, 0.4) is 0 Å². The molecule has 8 heteroatoms. The van der Waals surface area contributed by atoms with Crippen LogP contribution in [0.5, 0.6) is 0 Å². The molecule has 0 aromatic heterocycles. The second-order valence-corrected chi connectivity index (χ2v) is 40.5. The third kappa shape index (κ3) is 7.72. The van der Waals surface area contributed by atoms with Crippen molar-refractivity contribution in [1.29, 1.82) is 0 Å². The fourth-order valence-electron chi connectivity index (χ4n) is 6.15. The van der Waals surface area contributed by atoms with Crippen LogP contribution >= 0.6 is 0 Å². The fraction of sp³-hybridized carbons (Fsp3) is 0.500. The minimum absolute atomic E-state index is 0. The monoisotopic (exact) mass is 708 g/mol. The van der Waals surface area contributed by atoms with Crippen LogP contribution < -0.4 is 24.8 Å². The SMILES string of the molecule is CC1=Cc2c(CO[Si](C)(C)C)ccc(C)c2[CH]1[Zr+2]([CH]1C(C)=Cc2c(CO[Si](C)(C)C)ccc(C)c21)=[Si](C)C.[Cl-].[Cl-]. The number of fused-ring (bicyclic) bond motifs is 2. The quantitative estimate of drug-likeness (QED) is 0.391. The zero-order valence-electron chi connectivity index (χ0n) is 26.6. The van der Waals surface area contributed by atoms with E-state index in [-0.39, 0.29) is 24.8 Å². The van der Waals surface area contributed by atoms with Gasteiger partial charge in [-0.1, -0.05) is 0 Å². The minimum Gasteiger partial charge on any atom is -1.00 e. The maximum atomic E-state index is 6.41. The van der Waals surface area contributed by atoms with Gasteiger partial charge in [-0.2, -0.15) is 0 Å². The van der Waals surface area contributed by atoms with Gasteiger partial charge in [-0.25, -0.2) is 0 Å². The average Bonchev–Trinajstić information content (AvgIpc) is 3.30. The molecule has 0 bridgehead atoms. The Morgan fingerprint density at radius 3 is 1.30 bits per heavy atom. The Morgan fingerprint density at radius 2 is 1.00 bits per heavy atom. The second kappa shape index (κ2) is 13.7. The van der Waals surface area contributed by atoms with Crippen LogP contribution in [0.25, 0.3) is 12.2 Å².